The summed E-state index contributed by atoms with van der Waals surface area (Å²) in [5, 5.41) is 4.10. The standard InChI is InChI=1S/C23H28Cl2N2O3/c1-5-20(22(29)26-23(2,3)4)27(14-16-9-11-17(24)12-10-16)21(28)15-30-19-8-6-7-18(25)13-19/h6-13,20H,5,14-15H2,1-4H3,(H,26,29)/t20-/m0/s1. The Bertz CT molecular complexity index is 863. The predicted molar refractivity (Wildman–Crippen MR) is 121 cm³/mol. The summed E-state index contributed by atoms with van der Waals surface area (Å²) in [6.07, 6.45) is 0.471. The third kappa shape index (κ3) is 7.54. The van der Waals surface area contributed by atoms with E-state index in [1.54, 1.807) is 41.3 Å². The van der Waals surface area contributed by atoms with Crippen molar-refractivity contribution < 1.29 is 14.3 Å². The number of nitrogens with one attached hydrogen (secondary N) is 1. The van der Waals surface area contributed by atoms with Crippen LogP contribution >= 0.6 is 23.2 Å². The summed E-state index contributed by atoms with van der Waals surface area (Å²) >= 11 is 12.0. The van der Waals surface area contributed by atoms with Gasteiger partial charge in [-0.05, 0) is 63.1 Å². The summed E-state index contributed by atoms with van der Waals surface area (Å²) in [7, 11) is 0. The molecule has 30 heavy (non-hydrogen) atoms. The fraction of sp³-hybridized carbons (Fsp3) is 0.391. The zero-order chi connectivity index (χ0) is 22.3. The maximum atomic E-state index is 13.1. The van der Waals surface area contributed by atoms with E-state index in [1.807, 2.05) is 39.8 Å². The molecule has 0 aliphatic heterocycles. The number of amides is 2. The maximum absolute atomic E-state index is 13.1. The minimum atomic E-state index is -0.629. The number of benzene rings is 2. The number of ether oxygens (including phenoxy) is 1. The number of carbonyl (C=O) groups excluding carboxylic acids is 2. The lowest BCUT2D eigenvalue weighted by molar-refractivity contribution is -0.143. The van der Waals surface area contributed by atoms with Crippen molar-refractivity contribution in [1.29, 1.82) is 0 Å². The second kappa shape index (κ2) is 10.7. The van der Waals surface area contributed by atoms with Crippen LogP contribution in [0.2, 0.25) is 10.0 Å². The van der Waals surface area contributed by atoms with Gasteiger partial charge in [0.15, 0.2) is 6.61 Å². The van der Waals surface area contributed by atoms with Gasteiger partial charge >= 0.3 is 0 Å². The van der Waals surface area contributed by atoms with Crippen LogP contribution in [0, 0.1) is 0 Å². The summed E-state index contributed by atoms with van der Waals surface area (Å²) in [5.74, 6) is 0.00499. The first-order valence-electron chi connectivity index (χ1n) is 9.83. The van der Waals surface area contributed by atoms with Crippen LogP contribution in [0.25, 0.3) is 0 Å². The second-order valence-electron chi connectivity index (χ2n) is 8.06. The Labute approximate surface area is 188 Å². The highest BCUT2D eigenvalue weighted by Gasteiger charge is 2.30. The molecule has 0 saturated heterocycles. The summed E-state index contributed by atoms with van der Waals surface area (Å²) < 4.78 is 5.63. The normalized spacial score (nSPS) is 12.2. The minimum Gasteiger partial charge on any atom is -0.484 e. The Morgan fingerprint density at radius 2 is 1.73 bits per heavy atom. The van der Waals surface area contributed by atoms with Gasteiger partial charge in [0.2, 0.25) is 5.91 Å². The van der Waals surface area contributed by atoms with E-state index in [4.69, 9.17) is 27.9 Å². The summed E-state index contributed by atoms with van der Waals surface area (Å²) in [6.45, 7) is 7.67. The van der Waals surface area contributed by atoms with Gasteiger partial charge in [0, 0.05) is 22.1 Å². The third-order valence-electron chi connectivity index (χ3n) is 4.31. The van der Waals surface area contributed by atoms with Gasteiger partial charge in [0.1, 0.15) is 11.8 Å². The first-order valence-corrected chi connectivity index (χ1v) is 10.6. The van der Waals surface area contributed by atoms with Crippen molar-refractivity contribution in [2.24, 2.45) is 0 Å². The SMILES string of the molecule is CC[C@@H](C(=O)NC(C)(C)C)N(Cc1ccc(Cl)cc1)C(=O)COc1cccc(Cl)c1. The summed E-state index contributed by atoms with van der Waals surface area (Å²) in [4.78, 5) is 27.6. The molecule has 0 fully saturated rings. The predicted octanol–water partition coefficient (Wildman–Crippen LogP) is 5.09. The highest BCUT2D eigenvalue weighted by molar-refractivity contribution is 6.30. The lowest BCUT2D eigenvalue weighted by Gasteiger charge is -2.33. The fourth-order valence-corrected chi connectivity index (χ4v) is 3.25. The molecule has 0 aliphatic carbocycles. The largest absolute Gasteiger partial charge is 0.484 e. The molecule has 0 aliphatic rings. The van der Waals surface area contributed by atoms with E-state index in [9.17, 15) is 9.59 Å². The van der Waals surface area contributed by atoms with E-state index in [-0.39, 0.29) is 25.0 Å². The molecule has 2 aromatic carbocycles. The number of nitrogens with zero attached hydrogens (tertiary/aromatic N) is 1. The van der Waals surface area contributed by atoms with Crippen LogP contribution < -0.4 is 10.1 Å². The molecule has 0 unspecified atom stereocenters. The topological polar surface area (TPSA) is 58.6 Å². The molecule has 7 heteroatoms. The van der Waals surface area contributed by atoms with Crippen molar-refractivity contribution in [3.05, 3.63) is 64.1 Å². The van der Waals surface area contributed by atoms with Crippen molar-refractivity contribution in [3.63, 3.8) is 0 Å². The zero-order valence-electron chi connectivity index (χ0n) is 17.7. The van der Waals surface area contributed by atoms with Gasteiger partial charge in [-0.1, -0.05) is 48.3 Å². The molecule has 0 aromatic heterocycles. The molecule has 2 amide bonds. The lowest BCUT2D eigenvalue weighted by atomic mass is 10.1. The van der Waals surface area contributed by atoms with Gasteiger partial charge in [0.25, 0.3) is 5.91 Å². The quantitative estimate of drug-likeness (QED) is 0.608. The third-order valence-corrected chi connectivity index (χ3v) is 4.80. The monoisotopic (exact) mass is 450 g/mol. The first-order chi connectivity index (χ1) is 14.1. The Kier molecular flexibility index (Phi) is 8.56. The van der Waals surface area contributed by atoms with Crippen LogP contribution in [0.3, 0.4) is 0 Å². The molecule has 2 rings (SSSR count). The second-order valence-corrected chi connectivity index (χ2v) is 8.93. The summed E-state index contributed by atoms with van der Waals surface area (Å²) in [6, 6.07) is 13.4. The molecule has 1 N–H and O–H groups in total. The molecule has 0 spiro atoms. The Morgan fingerprint density at radius 3 is 2.30 bits per heavy atom. The van der Waals surface area contributed by atoms with Crippen LogP contribution in [-0.2, 0) is 16.1 Å². The number of rotatable bonds is 8. The van der Waals surface area contributed by atoms with Crippen LogP contribution in [0.15, 0.2) is 48.5 Å². The van der Waals surface area contributed by atoms with Gasteiger partial charge in [0.05, 0.1) is 0 Å². The van der Waals surface area contributed by atoms with E-state index in [0.29, 0.717) is 22.2 Å². The number of hydrogen-bond donors (Lipinski definition) is 1. The molecule has 0 radical (unpaired) electrons. The van der Waals surface area contributed by atoms with Crippen LogP contribution in [0.4, 0.5) is 0 Å². The average Bonchev–Trinajstić information content (AvgIpc) is 2.66. The fourth-order valence-electron chi connectivity index (χ4n) is 2.94. The van der Waals surface area contributed by atoms with Crippen molar-refractivity contribution in [1.82, 2.24) is 10.2 Å². The Balaban J connectivity index is 2.22. The molecule has 2 aromatic rings. The van der Waals surface area contributed by atoms with Crippen LogP contribution in [0.1, 0.15) is 39.7 Å². The van der Waals surface area contributed by atoms with Gasteiger partial charge in [-0.2, -0.15) is 0 Å². The van der Waals surface area contributed by atoms with Crippen LogP contribution in [0.5, 0.6) is 5.75 Å². The van der Waals surface area contributed by atoms with Gasteiger partial charge in [-0.15, -0.1) is 0 Å². The van der Waals surface area contributed by atoms with Crippen molar-refractivity contribution in [3.8, 4) is 5.75 Å². The van der Waals surface area contributed by atoms with Crippen molar-refractivity contribution in [2.75, 3.05) is 6.61 Å². The number of hydrogen-bond acceptors (Lipinski definition) is 3. The van der Waals surface area contributed by atoms with E-state index < -0.39 is 11.6 Å². The molecule has 162 valence electrons. The van der Waals surface area contributed by atoms with Gasteiger partial charge in [-0.3, -0.25) is 9.59 Å². The molecular weight excluding hydrogens is 423 g/mol. The van der Waals surface area contributed by atoms with Gasteiger partial charge < -0.3 is 15.0 Å². The number of carbonyl (C=O) groups is 2. The maximum Gasteiger partial charge on any atom is 0.261 e. The van der Waals surface area contributed by atoms with Crippen LogP contribution in [-0.4, -0.2) is 34.9 Å². The van der Waals surface area contributed by atoms with Crippen molar-refractivity contribution >= 4 is 35.0 Å². The highest BCUT2D eigenvalue weighted by atomic mass is 35.5. The Morgan fingerprint density at radius 1 is 1.07 bits per heavy atom. The highest BCUT2D eigenvalue weighted by Crippen LogP contribution is 2.19. The molecule has 0 saturated carbocycles. The minimum absolute atomic E-state index is 0.199. The van der Waals surface area contributed by atoms with Crippen molar-refractivity contribution in [2.45, 2.75) is 52.2 Å². The average molecular weight is 451 g/mol. The molecule has 0 bridgehead atoms. The van der Waals surface area contributed by atoms with E-state index in [1.165, 1.54) is 0 Å². The van der Waals surface area contributed by atoms with E-state index in [0.717, 1.165) is 5.56 Å². The lowest BCUT2D eigenvalue weighted by Crippen LogP contribution is -2.54. The summed E-state index contributed by atoms with van der Waals surface area (Å²) in [5.41, 5.74) is 0.467. The smallest absolute Gasteiger partial charge is 0.261 e. The Hall–Kier alpha value is -2.24. The first kappa shape index (κ1) is 24.0. The molecule has 0 heterocycles. The van der Waals surface area contributed by atoms with E-state index >= 15 is 0 Å². The molecule has 1 atom stereocenters. The molecule has 5 nitrogen and oxygen atoms in total. The zero-order valence-corrected chi connectivity index (χ0v) is 19.3. The van der Waals surface area contributed by atoms with E-state index in [2.05, 4.69) is 5.32 Å². The molecular formula is C23H28Cl2N2O3. The van der Waals surface area contributed by atoms with Gasteiger partial charge in [-0.25, -0.2) is 0 Å². The number of halogens is 2.